The molecule has 0 spiro atoms. The summed E-state index contributed by atoms with van der Waals surface area (Å²) < 4.78 is 5.62. The standard InChI is InChI=1S/C9H8BrN3O2S/c10-6-2-4-16-8(6)9(14)11-3-1-7-12-5-13-15-7/h2,4-5H,1,3H2,(H,11,14). The van der Waals surface area contributed by atoms with Gasteiger partial charge in [0.15, 0.2) is 6.33 Å². The number of nitrogens with one attached hydrogen (secondary N) is 1. The molecule has 0 bridgehead atoms. The van der Waals surface area contributed by atoms with Gasteiger partial charge in [-0.1, -0.05) is 5.16 Å². The minimum Gasteiger partial charge on any atom is -0.351 e. The average molecular weight is 302 g/mol. The van der Waals surface area contributed by atoms with E-state index in [1.807, 2.05) is 11.4 Å². The Kier molecular flexibility index (Phi) is 3.68. The fourth-order valence-corrected chi connectivity index (χ4v) is 2.59. The van der Waals surface area contributed by atoms with Crippen molar-refractivity contribution in [3.63, 3.8) is 0 Å². The molecule has 5 nitrogen and oxygen atoms in total. The van der Waals surface area contributed by atoms with E-state index < -0.39 is 0 Å². The van der Waals surface area contributed by atoms with E-state index in [0.717, 1.165) is 4.47 Å². The van der Waals surface area contributed by atoms with Crippen molar-refractivity contribution < 1.29 is 9.32 Å². The van der Waals surface area contributed by atoms with Crippen molar-refractivity contribution in [2.24, 2.45) is 0 Å². The number of amides is 1. The smallest absolute Gasteiger partial charge is 0.262 e. The quantitative estimate of drug-likeness (QED) is 0.936. The van der Waals surface area contributed by atoms with Crippen molar-refractivity contribution in [1.29, 1.82) is 0 Å². The van der Waals surface area contributed by atoms with Crippen molar-refractivity contribution in [3.05, 3.63) is 33.0 Å². The third-order valence-corrected chi connectivity index (χ3v) is 3.69. The first-order chi connectivity index (χ1) is 7.77. The maximum absolute atomic E-state index is 11.7. The number of hydrogen-bond donors (Lipinski definition) is 1. The number of carbonyl (C=O) groups excluding carboxylic acids is 1. The van der Waals surface area contributed by atoms with Crippen LogP contribution in [0.1, 0.15) is 15.6 Å². The Labute approximate surface area is 104 Å². The van der Waals surface area contributed by atoms with Crippen LogP contribution in [0.4, 0.5) is 0 Å². The molecule has 2 heterocycles. The van der Waals surface area contributed by atoms with Crippen LogP contribution in [-0.2, 0) is 6.42 Å². The molecule has 16 heavy (non-hydrogen) atoms. The van der Waals surface area contributed by atoms with Crippen molar-refractivity contribution in [2.75, 3.05) is 6.54 Å². The van der Waals surface area contributed by atoms with Crippen molar-refractivity contribution in [3.8, 4) is 0 Å². The Hall–Kier alpha value is -1.21. The summed E-state index contributed by atoms with van der Waals surface area (Å²) in [6, 6.07) is 1.84. The van der Waals surface area contributed by atoms with E-state index in [9.17, 15) is 4.79 Å². The van der Waals surface area contributed by atoms with Gasteiger partial charge >= 0.3 is 0 Å². The molecule has 1 amide bonds. The number of hydrogen-bond acceptors (Lipinski definition) is 5. The minimum absolute atomic E-state index is 0.0959. The third-order valence-electron chi connectivity index (χ3n) is 1.85. The van der Waals surface area contributed by atoms with Crippen LogP contribution in [0.5, 0.6) is 0 Å². The Morgan fingerprint density at radius 3 is 3.12 bits per heavy atom. The summed E-state index contributed by atoms with van der Waals surface area (Å²) in [6.07, 6.45) is 1.88. The summed E-state index contributed by atoms with van der Waals surface area (Å²) in [7, 11) is 0. The first-order valence-electron chi connectivity index (χ1n) is 4.54. The highest BCUT2D eigenvalue weighted by Gasteiger charge is 2.10. The number of halogens is 1. The van der Waals surface area contributed by atoms with Crippen molar-refractivity contribution in [1.82, 2.24) is 15.5 Å². The molecule has 0 saturated heterocycles. The molecule has 2 aromatic rings. The van der Waals surface area contributed by atoms with Gasteiger partial charge in [0.1, 0.15) is 4.88 Å². The monoisotopic (exact) mass is 301 g/mol. The molecule has 0 aliphatic heterocycles. The second-order valence-corrected chi connectivity index (χ2v) is 4.71. The van der Waals surface area contributed by atoms with E-state index in [4.69, 9.17) is 4.52 Å². The normalized spacial score (nSPS) is 10.3. The highest BCUT2D eigenvalue weighted by molar-refractivity contribution is 9.10. The zero-order chi connectivity index (χ0) is 11.4. The summed E-state index contributed by atoms with van der Waals surface area (Å²) in [5.41, 5.74) is 0. The first kappa shape index (κ1) is 11.3. The van der Waals surface area contributed by atoms with E-state index in [1.54, 1.807) is 0 Å². The van der Waals surface area contributed by atoms with E-state index in [0.29, 0.717) is 23.7 Å². The van der Waals surface area contributed by atoms with E-state index in [-0.39, 0.29) is 5.91 Å². The van der Waals surface area contributed by atoms with Crippen molar-refractivity contribution in [2.45, 2.75) is 6.42 Å². The van der Waals surface area contributed by atoms with Gasteiger partial charge < -0.3 is 9.84 Å². The predicted molar refractivity (Wildman–Crippen MR) is 62.4 cm³/mol. The molecule has 0 aliphatic rings. The molecule has 0 saturated carbocycles. The summed E-state index contributed by atoms with van der Waals surface area (Å²) >= 11 is 4.70. The first-order valence-corrected chi connectivity index (χ1v) is 6.21. The van der Waals surface area contributed by atoms with Gasteiger partial charge in [-0.15, -0.1) is 11.3 Å². The van der Waals surface area contributed by atoms with E-state index in [2.05, 4.69) is 31.4 Å². The summed E-state index contributed by atoms with van der Waals surface area (Å²) in [5.74, 6) is 0.423. The van der Waals surface area contributed by atoms with Gasteiger partial charge in [0.05, 0.1) is 0 Å². The lowest BCUT2D eigenvalue weighted by atomic mass is 10.4. The van der Waals surface area contributed by atoms with Crippen LogP contribution < -0.4 is 5.32 Å². The predicted octanol–water partition coefficient (Wildman–Crippen LogP) is 1.87. The second-order valence-electron chi connectivity index (χ2n) is 2.94. The zero-order valence-electron chi connectivity index (χ0n) is 8.14. The second kappa shape index (κ2) is 5.22. The van der Waals surface area contributed by atoms with Gasteiger partial charge in [0.25, 0.3) is 5.91 Å². The largest absolute Gasteiger partial charge is 0.351 e. The number of rotatable bonds is 4. The molecule has 0 radical (unpaired) electrons. The van der Waals surface area contributed by atoms with E-state index in [1.165, 1.54) is 17.7 Å². The highest BCUT2D eigenvalue weighted by Crippen LogP contribution is 2.22. The summed E-state index contributed by atoms with van der Waals surface area (Å²) in [6.45, 7) is 0.478. The molecular formula is C9H8BrN3O2S. The molecule has 0 atom stereocenters. The zero-order valence-corrected chi connectivity index (χ0v) is 10.5. The summed E-state index contributed by atoms with van der Waals surface area (Å²) in [4.78, 5) is 16.2. The molecule has 7 heteroatoms. The van der Waals surface area contributed by atoms with Gasteiger partial charge in [-0.25, -0.2) is 0 Å². The van der Waals surface area contributed by atoms with Crippen LogP contribution in [0.25, 0.3) is 0 Å². The summed E-state index contributed by atoms with van der Waals surface area (Å²) in [5, 5.41) is 8.12. The van der Waals surface area contributed by atoms with Crippen LogP contribution in [0.3, 0.4) is 0 Å². The molecular weight excluding hydrogens is 294 g/mol. The average Bonchev–Trinajstić information content (AvgIpc) is 2.88. The number of thiophene rings is 1. The SMILES string of the molecule is O=C(NCCc1ncno1)c1sccc1Br. The van der Waals surface area contributed by atoms with Crippen LogP contribution >= 0.6 is 27.3 Å². The van der Waals surface area contributed by atoms with Crippen LogP contribution in [0.15, 0.2) is 26.8 Å². The maximum atomic E-state index is 11.7. The Balaban J connectivity index is 1.83. The molecule has 0 fully saturated rings. The fourth-order valence-electron chi connectivity index (χ4n) is 1.13. The fraction of sp³-hybridized carbons (Fsp3) is 0.222. The van der Waals surface area contributed by atoms with Crippen LogP contribution in [0.2, 0.25) is 0 Å². The lowest BCUT2D eigenvalue weighted by Gasteiger charge is -2.01. The van der Waals surface area contributed by atoms with Crippen molar-refractivity contribution >= 4 is 33.2 Å². The van der Waals surface area contributed by atoms with Gasteiger partial charge in [-0.05, 0) is 27.4 Å². The highest BCUT2D eigenvalue weighted by atomic mass is 79.9. The molecule has 0 aliphatic carbocycles. The molecule has 1 N–H and O–H groups in total. The number of carbonyl (C=O) groups is 1. The van der Waals surface area contributed by atoms with Gasteiger partial charge in [-0.3, -0.25) is 4.79 Å². The van der Waals surface area contributed by atoms with Gasteiger partial charge in [0.2, 0.25) is 5.89 Å². The maximum Gasteiger partial charge on any atom is 0.262 e. The lowest BCUT2D eigenvalue weighted by Crippen LogP contribution is -2.25. The van der Waals surface area contributed by atoms with Gasteiger partial charge in [-0.2, -0.15) is 4.98 Å². The number of nitrogens with zero attached hydrogens (tertiary/aromatic N) is 2. The Morgan fingerprint density at radius 1 is 1.62 bits per heavy atom. The van der Waals surface area contributed by atoms with Crippen LogP contribution in [0, 0.1) is 0 Å². The molecule has 2 aromatic heterocycles. The Morgan fingerprint density at radius 2 is 2.50 bits per heavy atom. The molecule has 0 unspecified atom stereocenters. The molecule has 84 valence electrons. The molecule has 0 aromatic carbocycles. The molecule has 2 rings (SSSR count). The lowest BCUT2D eigenvalue weighted by molar-refractivity contribution is 0.0957. The van der Waals surface area contributed by atoms with Crippen LogP contribution in [-0.4, -0.2) is 22.6 Å². The number of aromatic nitrogens is 2. The Bertz CT molecular complexity index is 469. The minimum atomic E-state index is -0.0959. The third kappa shape index (κ3) is 2.67. The topological polar surface area (TPSA) is 68.0 Å². The van der Waals surface area contributed by atoms with E-state index >= 15 is 0 Å². The van der Waals surface area contributed by atoms with Gasteiger partial charge in [0, 0.05) is 17.4 Å².